The molecule has 5 nitrogen and oxygen atoms in total. The van der Waals surface area contributed by atoms with Gasteiger partial charge in [-0.2, -0.15) is 0 Å². The molecule has 6 heteroatoms. The highest BCUT2D eigenvalue weighted by Gasteiger charge is 2.22. The second-order valence-corrected chi connectivity index (χ2v) is 8.45. The molecule has 1 fully saturated rings. The summed E-state index contributed by atoms with van der Waals surface area (Å²) in [6.45, 7) is 1.73. The summed E-state index contributed by atoms with van der Waals surface area (Å²) in [5.41, 5.74) is 4.22. The molecule has 2 aromatic rings. The van der Waals surface area contributed by atoms with Crippen LogP contribution < -0.4 is 15.4 Å². The molecule has 0 saturated carbocycles. The van der Waals surface area contributed by atoms with E-state index in [9.17, 15) is 4.79 Å². The zero-order chi connectivity index (χ0) is 20.9. The van der Waals surface area contributed by atoms with Crippen molar-refractivity contribution in [1.29, 1.82) is 0 Å². The highest BCUT2D eigenvalue weighted by atomic mass is 32.1. The first-order valence-electron chi connectivity index (χ1n) is 10.8. The minimum atomic E-state index is 0.121. The molecule has 2 N–H and O–H groups in total. The number of piperidine rings is 1. The maximum absolute atomic E-state index is 12.6. The number of rotatable bonds is 4. The molecule has 0 spiro atoms. The van der Waals surface area contributed by atoms with Crippen molar-refractivity contribution >= 4 is 28.9 Å². The Kier molecular flexibility index (Phi) is 6.53. The Labute approximate surface area is 183 Å². The minimum Gasteiger partial charge on any atom is -0.497 e. The van der Waals surface area contributed by atoms with Crippen LogP contribution in [0.5, 0.6) is 5.75 Å². The smallest absolute Gasteiger partial charge is 0.253 e. The van der Waals surface area contributed by atoms with Gasteiger partial charge in [-0.3, -0.25) is 4.79 Å². The summed E-state index contributed by atoms with van der Waals surface area (Å²) in [6.07, 6.45) is 6.65. The van der Waals surface area contributed by atoms with Crippen LogP contribution in [-0.2, 0) is 6.42 Å². The molecule has 4 rings (SSSR count). The standard InChI is InChI=1S/C24H29N3O2S/c1-29-20-12-13-21-18(16-20)6-5-7-22(21)26-24(30)25-19-10-8-17(9-11-19)23(28)27-14-3-2-4-15-27/h8-13,16,22H,2-7,14-15H2,1H3,(H2,25,26,30). The van der Waals surface area contributed by atoms with Gasteiger partial charge < -0.3 is 20.3 Å². The van der Waals surface area contributed by atoms with Crippen LogP contribution >= 0.6 is 12.2 Å². The number of ether oxygens (including phenoxy) is 1. The van der Waals surface area contributed by atoms with E-state index in [-0.39, 0.29) is 11.9 Å². The monoisotopic (exact) mass is 423 g/mol. The highest BCUT2D eigenvalue weighted by molar-refractivity contribution is 7.80. The number of thiocarbonyl (C=S) groups is 1. The molecular formula is C24H29N3O2S. The predicted molar refractivity (Wildman–Crippen MR) is 124 cm³/mol. The molecule has 1 saturated heterocycles. The third kappa shape index (κ3) is 4.75. The highest BCUT2D eigenvalue weighted by Crippen LogP contribution is 2.32. The summed E-state index contributed by atoms with van der Waals surface area (Å²) in [7, 11) is 1.70. The van der Waals surface area contributed by atoms with E-state index in [4.69, 9.17) is 17.0 Å². The molecular weight excluding hydrogens is 394 g/mol. The fraction of sp³-hybridized carbons (Fsp3) is 0.417. The van der Waals surface area contributed by atoms with Gasteiger partial charge in [-0.25, -0.2) is 0 Å². The van der Waals surface area contributed by atoms with Crippen molar-refractivity contribution in [3.63, 3.8) is 0 Å². The van der Waals surface area contributed by atoms with E-state index in [1.165, 1.54) is 17.5 Å². The molecule has 30 heavy (non-hydrogen) atoms. The van der Waals surface area contributed by atoms with Gasteiger partial charge >= 0.3 is 0 Å². The SMILES string of the molecule is COc1ccc2c(c1)CCCC2NC(=S)Nc1ccc(C(=O)N2CCCCC2)cc1. The number of methoxy groups -OCH3 is 1. The number of hydrogen-bond acceptors (Lipinski definition) is 3. The lowest BCUT2D eigenvalue weighted by molar-refractivity contribution is 0.0724. The third-order valence-electron chi connectivity index (χ3n) is 6.00. The Morgan fingerprint density at radius 3 is 2.57 bits per heavy atom. The summed E-state index contributed by atoms with van der Waals surface area (Å²) in [5.74, 6) is 1.02. The summed E-state index contributed by atoms with van der Waals surface area (Å²) < 4.78 is 5.36. The molecule has 2 aliphatic rings. The Hall–Kier alpha value is -2.60. The minimum absolute atomic E-state index is 0.121. The van der Waals surface area contributed by atoms with E-state index in [0.717, 1.165) is 62.2 Å². The Bertz CT molecular complexity index is 907. The lowest BCUT2D eigenvalue weighted by atomic mass is 9.87. The van der Waals surface area contributed by atoms with Gasteiger partial charge in [0.1, 0.15) is 5.75 Å². The average Bonchev–Trinajstić information content (AvgIpc) is 2.79. The van der Waals surface area contributed by atoms with Crippen LogP contribution in [0.4, 0.5) is 5.69 Å². The number of likely N-dealkylation sites (tertiary alicyclic amines) is 1. The number of hydrogen-bond donors (Lipinski definition) is 2. The van der Waals surface area contributed by atoms with E-state index in [2.05, 4.69) is 22.8 Å². The van der Waals surface area contributed by atoms with Gasteiger partial charge in [0, 0.05) is 24.3 Å². The van der Waals surface area contributed by atoms with E-state index in [1.807, 2.05) is 35.2 Å². The van der Waals surface area contributed by atoms with Crippen LogP contribution in [0, 0.1) is 0 Å². The zero-order valence-corrected chi connectivity index (χ0v) is 18.3. The van der Waals surface area contributed by atoms with Gasteiger partial charge in [-0.05, 0) is 98.3 Å². The van der Waals surface area contributed by atoms with Gasteiger partial charge in [0.05, 0.1) is 13.2 Å². The summed E-state index contributed by atoms with van der Waals surface area (Å²) in [5, 5.41) is 7.31. The van der Waals surface area contributed by atoms with Crippen LogP contribution in [0.1, 0.15) is 59.6 Å². The fourth-order valence-electron chi connectivity index (χ4n) is 4.37. The number of carbonyl (C=O) groups excluding carboxylic acids is 1. The first-order valence-corrected chi connectivity index (χ1v) is 11.2. The van der Waals surface area contributed by atoms with E-state index in [1.54, 1.807) is 7.11 Å². The van der Waals surface area contributed by atoms with E-state index in [0.29, 0.717) is 5.11 Å². The van der Waals surface area contributed by atoms with Crippen molar-refractivity contribution in [2.75, 3.05) is 25.5 Å². The maximum Gasteiger partial charge on any atom is 0.253 e. The van der Waals surface area contributed by atoms with Crippen molar-refractivity contribution in [2.24, 2.45) is 0 Å². The van der Waals surface area contributed by atoms with Crippen LogP contribution in [0.25, 0.3) is 0 Å². The first kappa shape index (κ1) is 20.7. The second kappa shape index (κ2) is 9.47. The molecule has 1 amide bonds. The van der Waals surface area contributed by atoms with Crippen molar-refractivity contribution in [3.8, 4) is 5.75 Å². The van der Waals surface area contributed by atoms with E-state index < -0.39 is 0 Å². The van der Waals surface area contributed by atoms with Crippen molar-refractivity contribution in [2.45, 2.75) is 44.6 Å². The summed E-state index contributed by atoms with van der Waals surface area (Å²) >= 11 is 5.56. The molecule has 0 bridgehead atoms. The molecule has 1 unspecified atom stereocenters. The molecule has 0 radical (unpaired) electrons. The zero-order valence-electron chi connectivity index (χ0n) is 17.4. The number of nitrogens with zero attached hydrogens (tertiary/aromatic N) is 1. The van der Waals surface area contributed by atoms with Gasteiger partial charge in [0.25, 0.3) is 5.91 Å². The lowest BCUT2D eigenvalue weighted by Crippen LogP contribution is -2.35. The Morgan fingerprint density at radius 1 is 1.07 bits per heavy atom. The number of benzene rings is 2. The summed E-state index contributed by atoms with van der Waals surface area (Å²) in [6, 6.07) is 14.1. The number of carbonyl (C=O) groups is 1. The van der Waals surface area contributed by atoms with E-state index >= 15 is 0 Å². The Balaban J connectivity index is 1.36. The largest absolute Gasteiger partial charge is 0.497 e. The Morgan fingerprint density at radius 2 is 1.83 bits per heavy atom. The third-order valence-corrected chi connectivity index (χ3v) is 6.22. The van der Waals surface area contributed by atoms with Crippen LogP contribution in [-0.4, -0.2) is 36.1 Å². The second-order valence-electron chi connectivity index (χ2n) is 8.04. The molecule has 2 aromatic carbocycles. The van der Waals surface area contributed by atoms with Crippen LogP contribution in [0.3, 0.4) is 0 Å². The number of anilines is 1. The molecule has 0 aromatic heterocycles. The number of fused-ring (bicyclic) bond motifs is 1. The maximum atomic E-state index is 12.6. The molecule has 158 valence electrons. The fourth-order valence-corrected chi connectivity index (χ4v) is 4.63. The van der Waals surface area contributed by atoms with Crippen LogP contribution in [0.2, 0.25) is 0 Å². The average molecular weight is 424 g/mol. The quantitative estimate of drug-likeness (QED) is 0.699. The first-order chi connectivity index (χ1) is 14.6. The lowest BCUT2D eigenvalue weighted by Gasteiger charge is -2.28. The predicted octanol–water partition coefficient (Wildman–Crippen LogP) is 4.69. The molecule has 1 aliphatic carbocycles. The van der Waals surface area contributed by atoms with Gasteiger partial charge in [-0.1, -0.05) is 6.07 Å². The molecule has 1 aliphatic heterocycles. The summed E-state index contributed by atoms with van der Waals surface area (Å²) in [4.78, 5) is 14.6. The molecule has 1 heterocycles. The van der Waals surface area contributed by atoms with Crippen molar-refractivity contribution < 1.29 is 9.53 Å². The number of amides is 1. The van der Waals surface area contributed by atoms with Gasteiger partial charge in [0.15, 0.2) is 5.11 Å². The topological polar surface area (TPSA) is 53.6 Å². The normalized spacial score (nSPS) is 18.3. The number of aryl methyl sites for hydroxylation is 1. The van der Waals surface area contributed by atoms with Gasteiger partial charge in [0.2, 0.25) is 0 Å². The number of nitrogens with one attached hydrogen (secondary N) is 2. The van der Waals surface area contributed by atoms with Crippen LogP contribution in [0.15, 0.2) is 42.5 Å². The van der Waals surface area contributed by atoms with Gasteiger partial charge in [-0.15, -0.1) is 0 Å². The van der Waals surface area contributed by atoms with Crippen molar-refractivity contribution in [1.82, 2.24) is 10.2 Å². The molecule has 1 atom stereocenters. The van der Waals surface area contributed by atoms with Crippen molar-refractivity contribution in [3.05, 3.63) is 59.2 Å².